The van der Waals surface area contributed by atoms with Crippen LogP contribution in [-0.4, -0.2) is 43.5 Å². The van der Waals surface area contributed by atoms with Crippen molar-refractivity contribution in [3.05, 3.63) is 0 Å². The summed E-state index contributed by atoms with van der Waals surface area (Å²) >= 11 is -0.750. The standard InChI is InChI=1S/Na.O2S.H2O.H/c;1-3-2;;/h;;1H2;. The first-order valence-electron chi connectivity index (χ1n) is 0.333. The first-order valence-corrected chi connectivity index (χ1v) is 1.00. The van der Waals surface area contributed by atoms with E-state index in [0.717, 1.165) is 0 Å². The second-order valence-electron chi connectivity index (χ2n) is 0.0680. The van der Waals surface area contributed by atoms with E-state index in [1.165, 1.54) is 0 Å². The molecule has 0 aromatic rings. The molecule has 0 unspecified atom stereocenters. The predicted molar refractivity (Wildman–Crippen MR) is 19.7 cm³/mol. The van der Waals surface area contributed by atoms with Gasteiger partial charge < -0.3 is 5.48 Å². The molecule has 5 heteroatoms. The van der Waals surface area contributed by atoms with Gasteiger partial charge in [0.05, 0.1) is 0 Å². The SMILES string of the molecule is O.O=S=O.[NaH]. The van der Waals surface area contributed by atoms with Gasteiger partial charge in [0.1, 0.15) is 0 Å². The van der Waals surface area contributed by atoms with Gasteiger partial charge in [-0.25, -0.2) is 0 Å². The van der Waals surface area contributed by atoms with Crippen molar-refractivity contribution in [2.75, 3.05) is 0 Å². The molecule has 0 saturated carbocycles. The molecule has 2 N–H and O–H groups in total. The van der Waals surface area contributed by atoms with E-state index >= 15 is 0 Å². The van der Waals surface area contributed by atoms with E-state index in [9.17, 15) is 0 Å². The molecule has 28 valence electrons. The quantitative estimate of drug-likeness (QED) is 0.331. The minimum absolute atomic E-state index is 0. The molecule has 0 amide bonds. The van der Waals surface area contributed by atoms with Gasteiger partial charge in [-0.05, 0) is 0 Å². The molecule has 0 heterocycles. The first kappa shape index (κ1) is 17.1. The average Bonchev–Trinajstić information content (AvgIpc) is 0.918. The summed E-state index contributed by atoms with van der Waals surface area (Å²) in [5.41, 5.74) is 0. The molecule has 0 aromatic carbocycles. The van der Waals surface area contributed by atoms with Crippen LogP contribution in [0.4, 0.5) is 0 Å². The summed E-state index contributed by atoms with van der Waals surface area (Å²) in [4.78, 5) is 0. The van der Waals surface area contributed by atoms with Crippen molar-refractivity contribution in [1.29, 1.82) is 0 Å². The van der Waals surface area contributed by atoms with Crippen LogP contribution in [0.2, 0.25) is 0 Å². The fourth-order valence-corrected chi connectivity index (χ4v) is 0. The van der Waals surface area contributed by atoms with Crippen LogP contribution >= 0.6 is 0 Å². The Morgan fingerprint density at radius 3 is 1.20 bits per heavy atom. The fourth-order valence-electron chi connectivity index (χ4n) is 0. The Labute approximate surface area is 55.0 Å². The summed E-state index contributed by atoms with van der Waals surface area (Å²) < 4.78 is 16.6. The van der Waals surface area contributed by atoms with Crippen LogP contribution in [0.5, 0.6) is 0 Å². The number of hydrogen-bond acceptors (Lipinski definition) is 2. The summed E-state index contributed by atoms with van der Waals surface area (Å²) in [6.07, 6.45) is 0. The Balaban J connectivity index is -0.0000000200. The van der Waals surface area contributed by atoms with Gasteiger partial charge in [0.15, 0.2) is 0 Å². The van der Waals surface area contributed by atoms with Crippen molar-refractivity contribution in [2.24, 2.45) is 0 Å². The Morgan fingerprint density at radius 2 is 1.20 bits per heavy atom. The number of rotatable bonds is 0. The summed E-state index contributed by atoms with van der Waals surface area (Å²) in [5, 5.41) is 0. The summed E-state index contributed by atoms with van der Waals surface area (Å²) in [7, 11) is 0. The third kappa shape index (κ3) is 60.7. The van der Waals surface area contributed by atoms with Gasteiger partial charge in [0.2, 0.25) is 0 Å². The van der Waals surface area contributed by atoms with Gasteiger partial charge >= 0.3 is 41.1 Å². The van der Waals surface area contributed by atoms with Crippen LogP contribution in [0.25, 0.3) is 0 Å². The monoisotopic (exact) mass is 106 g/mol. The summed E-state index contributed by atoms with van der Waals surface area (Å²) in [6, 6.07) is 0. The first-order chi connectivity index (χ1) is 1.41. The van der Waals surface area contributed by atoms with Crippen molar-refractivity contribution in [3.8, 4) is 0 Å². The van der Waals surface area contributed by atoms with E-state index < -0.39 is 11.6 Å². The maximum absolute atomic E-state index is 8.29. The molecule has 5 heavy (non-hydrogen) atoms. The van der Waals surface area contributed by atoms with Crippen molar-refractivity contribution in [3.63, 3.8) is 0 Å². The van der Waals surface area contributed by atoms with Crippen molar-refractivity contribution < 1.29 is 13.9 Å². The zero-order chi connectivity index (χ0) is 2.71. The normalized spacial score (nSPS) is 2.40. The molecule has 0 aliphatic carbocycles. The Morgan fingerprint density at radius 1 is 1.20 bits per heavy atom. The molecule has 0 spiro atoms. The zero-order valence-corrected chi connectivity index (χ0v) is 2.54. The van der Waals surface area contributed by atoms with Gasteiger partial charge in [-0.2, -0.15) is 8.42 Å². The zero-order valence-electron chi connectivity index (χ0n) is 1.72. The van der Waals surface area contributed by atoms with E-state index in [4.69, 9.17) is 8.42 Å². The topological polar surface area (TPSA) is 65.6 Å². The second kappa shape index (κ2) is 21.6. The molecule has 0 atom stereocenters. The maximum atomic E-state index is 8.29. The average molecular weight is 106 g/mol. The van der Waals surface area contributed by atoms with E-state index in [1.54, 1.807) is 0 Å². The molecule has 0 rings (SSSR count). The molecule has 3 nitrogen and oxygen atoms in total. The van der Waals surface area contributed by atoms with Crippen molar-refractivity contribution >= 4 is 41.1 Å². The molecule has 0 bridgehead atoms. The van der Waals surface area contributed by atoms with E-state index in [0.29, 0.717) is 0 Å². The van der Waals surface area contributed by atoms with Crippen LogP contribution in [-0.2, 0) is 11.6 Å². The van der Waals surface area contributed by atoms with E-state index in [2.05, 4.69) is 0 Å². The van der Waals surface area contributed by atoms with E-state index in [1.807, 2.05) is 0 Å². The second-order valence-corrected chi connectivity index (χ2v) is 0.204. The fraction of sp³-hybridized carbons (Fsp3) is 0. The molecule has 0 aromatic heterocycles. The Kier molecular flexibility index (Phi) is 73.7. The van der Waals surface area contributed by atoms with Crippen LogP contribution in [0.15, 0.2) is 0 Å². The molecule has 0 radical (unpaired) electrons. The molecular weight excluding hydrogens is 103 g/mol. The van der Waals surface area contributed by atoms with Crippen LogP contribution in [0, 0.1) is 0 Å². The third-order valence-corrected chi connectivity index (χ3v) is 0. The molecular formula is H3NaO3S. The Hall–Kier alpha value is 0.780. The van der Waals surface area contributed by atoms with Crippen molar-refractivity contribution in [1.82, 2.24) is 0 Å². The Bertz CT molecular complexity index is 27.9. The molecule has 0 fully saturated rings. The number of hydrogen-bond donors (Lipinski definition) is 0. The van der Waals surface area contributed by atoms with Gasteiger partial charge in [-0.1, -0.05) is 0 Å². The van der Waals surface area contributed by atoms with Crippen molar-refractivity contribution in [2.45, 2.75) is 0 Å². The molecule has 0 saturated heterocycles. The molecule has 0 aliphatic heterocycles. The minimum atomic E-state index is -0.750. The molecule has 0 aliphatic rings. The van der Waals surface area contributed by atoms with Gasteiger partial charge in [-0.15, -0.1) is 0 Å². The third-order valence-electron chi connectivity index (χ3n) is 0. The van der Waals surface area contributed by atoms with Crippen LogP contribution in [0.3, 0.4) is 0 Å². The van der Waals surface area contributed by atoms with Crippen LogP contribution in [0.1, 0.15) is 0 Å². The summed E-state index contributed by atoms with van der Waals surface area (Å²) in [6.45, 7) is 0. The van der Waals surface area contributed by atoms with Crippen LogP contribution < -0.4 is 0 Å². The van der Waals surface area contributed by atoms with Gasteiger partial charge in [-0.3, -0.25) is 0 Å². The van der Waals surface area contributed by atoms with E-state index in [-0.39, 0.29) is 35.0 Å². The predicted octanol–water partition coefficient (Wildman–Crippen LogP) is -2.14. The van der Waals surface area contributed by atoms with Gasteiger partial charge in [0, 0.05) is 0 Å². The summed E-state index contributed by atoms with van der Waals surface area (Å²) in [5.74, 6) is 0. The van der Waals surface area contributed by atoms with Gasteiger partial charge in [0.25, 0.3) is 0 Å².